The predicted octanol–water partition coefficient (Wildman–Crippen LogP) is 2.63. The highest BCUT2D eigenvalue weighted by atomic mass is 35.5. The van der Waals surface area contributed by atoms with E-state index < -0.39 is 0 Å². The number of ether oxygens (including phenoxy) is 2. The molecule has 0 bridgehead atoms. The average molecular weight is 388 g/mol. The quantitative estimate of drug-likeness (QED) is 0.856. The largest absolute Gasteiger partial charge is 0.454 e. The highest BCUT2D eigenvalue weighted by Gasteiger charge is 2.31. The minimum atomic E-state index is -0.203. The van der Waals surface area contributed by atoms with E-state index in [1.807, 2.05) is 18.2 Å². The zero-order chi connectivity index (χ0) is 18.8. The Labute approximate surface area is 161 Å². The van der Waals surface area contributed by atoms with Gasteiger partial charge in [-0.15, -0.1) is 0 Å². The molecule has 2 heterocycles. The molecule has 0 aliphatic carbocycles. The molecule has 2 aromatic carbocycles. The summed E-state index contributed by atoms with van der Waals surface area (Å²) in [6, 6.07) is 12.4. The highest BCUT2D eigenvalue weighted by Crippen LogP contribution is 2.36. The van der Waals surface area contributed by atoms with Crippen molar-refractivity contribution in [3.05, 3.63) is 53.1 Å². The third kappa shape index (κ3) is 3.78. The summed E-state index contributed by atoms with van der Waals surface area (Å²) in [5, 5.41) is 3.47. The third-order valence-electron chi connectivity index (χ3n) is 4.50. The number of urea groups is 1. The Kier molecular flexibility index (Phi) is 4.77. The summed E-state index contributed by atoms with van der Waals surface area (Å²) in [5.74, 6) is 1.09. The Hall–Kier alpha value is -2.93. The lowest BCUT2D eigenvalue weighted by molar-refractivity contribution is -0.121. The number of anilines is 1. The van der Waals surface area contributed by atoms with Gasteiger partial charge >= 0.3 is 6.03 Å². The molecule has 7 nitrogen and oxygen atoms in total. The van der Waals surface area contributed by atoms with Crippen LogP contribution in [0.5, 0.6) is 11.5 Å². The van der Waals surface area contributed by atoms with Crippen LogP contribution in [0.25, 0.3) is 0 Å². The number of benzene rings is 2. The summed E-state index contributed by atoms with van der Waals surface area (Å²) in [7, 11) is 0. The van der Waals surface area contributed by atoms with E-state index in [-0.39, 0.29) is 25.3 Å². The molecule has 0 spiro atoms. The number of carbonyl (C=O) groups is 2. The van der Waals surface area contributed by atoms with Crippen LogP contribution in [0.2, 0.25) is 5.02 Å². The van der Waals surface area contributed by atoms with Crippen LogP contribution in [0.15, 0.2) is 42.5 Å². The van der Waals surface area contributed by atoms with Gasteiger partial charge in [0.1, 0.15) is 6.54 Å². The fraction of sp³-hybridized carbons (Fsp3) is 0.263. The zero-order valence-corrected chi connectivity index (χ0v) is 15.2. The predicted molar refractivity (Wildman–Crippen MR) is 100 cm³/mol. The van der Waals surface area contributed by atoms with E-state index in [9.17, 15) is 9.59 Å². The number of rotatable bonds is 5. The number of carbonyl (C=O) groups excluding carboxylic acids is 2. The SMILES string of the molecule is O=C(CN1CCN(c2ccc3c(c2)OCO3)C1=O)NCc1ccc(Cl)cc1. The van der Waals surface area contributed by atoms with Gasteiger partial charge in [0.05, 0.1) is 0 Å². The van der Waals surface area contributed by atoms with Gasteiger partial charge in [0, 0.05) is 36.4 Å². The van der Waals surface area contributed by atoms with Gasteiger partial charge in [0.15, 0.2) is 11.5 Å². The summed E-state index contributed by atoms with van der Waals surface area (Å²) in [4.78, 5) is 28.0. The molecule has 27 heavy (non-hydrogen) atoms. The molecule has 140 valence electrons. The molecule has 2 aromatic rings. The molecule has 0 unspecified atom stereocenters. The molecule has 0 saturated carbocycles. The Bertz CT molecular complexity index is 872. The maximum absolute atomic E-state index is 12.6. The van der Waals surface area contributed by atoms with Crippen molar-refractivity contribution in [2.45, 2.75) is 6.54 Å². The van der Waals surface area contributed by atoms with Gasteiger partial charge in [0.2, 0.25) is 12.7 Å². The Balaban J connectivity index is 1.33. The molecule has 0 aromatic heterocycles. The molecular weight excluding hydrogens is 370 g/mol. The van der Waals surface area contributed by atoms with Crippen LogP contribution in [0.3, 0.4) is 0 Å². The number of fused-ring (bicyclic) bond motifs is 1. The molecule has 3 amide bonds. The average Bonchev–Trinajstić information content (AvgIpc) is 3.28. The van der Waals surface area contributed by atoms with Gasteiger partial charge < -0.3 is 19.7 Å². The van der Waals surface area contributed by atoms with E-state index in [1.165, 1.54) is 4.90 Å². The van der Waals surface area contributed by atoms with Gasteiger partial charge in [0.25, 0.3) is 0 Å². The lowest BCUT2D eigenvalue weighted by Gasteiger charge is -2.18. The van der Waals surface area contributed by atoms with Crippen molar-refractivity contribution in [3.8, 4) is 11.5 Å². The number of hydrogen-bond acceptors (Lipinski definition) is 4. The van der Waals surface area contributed by atoms with Gasteiger partial charge in [-0.05, 0) is 29.8 Å². The molecule has 0 atom stereocenters. The van der Waals surface area contributed by atoms with Crippen LogP contribution in [0.4, 0.5) is 10.5 Å². The number of nitrogens with one attached hydrogen (secondary N) is 1. The van der Waals surface area contributed by atoms with Crippen LogP contribution in [-0.4, -0.2) is 43.3 Å². The van der Waals surface area contributed by atoms with Crippen molar-refractivity contribution in [1.29, 1.82) is 0 Å². The smallest absolute Gasteiger partial charge is 0.325 e. The van der Waals surface area contributed by atoms with Crippen molar-refractivity contribution in [2.24, 2.45) is 0 Å². The molecule has 2 aliphatic rings. The standard InChI is InChI=1S/C19H18ClN3O4/c20-14-3-1-13(2-4-14)10-21-18(24)11-22-7-8-23(19(22)25)15-5-6-16-17(9-15)27-12-26-16/h1-6,9H,7-8,10-12H2,(H,21,24). The van der Waals surface area contributed by atoms with Gasteiger partial charge in [-0.1, -0.05) is 23.7 Å². The molecule has 1 saturated heterocycles. The van der Waals surface area contributed by atoms with E-state index in [0.717, 1.165) is 11.3 Å². The van der Waals surface area contributed by atoms with Gasteiger partial charge in [-0.2, -0.15) is 0 Å². The van der Waals surface area contributed by atoms with E-state index in [2.05, 4.69) is 5.32 Å². The molecule has 0 radical (unpaired) electrons. The number of hydrogen-bond donors (Lipinski definition) is 1. The van der Waals surface area contributed by atoms with E-state index in [0.29, 0.717) is 36.2 Å². The van der Waals surface area contributed by atoms with E-state index in [4.69, 9.17) is 21.1 Å². The minimum absolute atomic E-state index is 0.0213. The molecule has 8 heteroatoms. The number of halogens is 1. The third-order valence-corrected chi connectivity index (χ3v) is 4.75. The van der Waals surface area contributed by atoms with E-state index in [1.54, 1.807) is 29.2 Å². The normalized spacial score (nSPS) is 15.4. The minimum Gasteiger partial charge on any atom is -0.454 e. The fourth-order valence-electron chi connectivity index (χ4n) is 3.05. The molecule has 1 N–H and O–H groups in total. The molecule has 1 fully saturated rings. The monoisotopic (exact) mass is 387 g/mol. The van der Waals surface area contributed by atoms with Crippen molar-refractivity contribution >= 4 is 29.2 Å². The first-order chi connectivity index (χ1) is 13.1. The van der Waals surface area contributed by atoms with Crippen molar-refractivity contribution < 1.29 is 19.1 Å². The first kappa shape index (κ1) is 17.5. The van der Waals surface area contributed by atoms with Gasteiger partial charge in [-0.25, -0.2) is 4.79 Å². The van der Waals surface area contributed by atoms with Crippen LogP contribution in [-0.2, 0) is 11.3 Å². The summed E-state index contributed by atoms with van der Waals surface area (Å²) < 4.78 is 10.7. The Morgan fingerprint density at radius 1 is 1.07 bits per heavy atom. The topological polar surface area (TPSA) is 71.1 Å². The maximum atomic E-state index is 12.6. The van der Waals surface area contributed by atoms with Crippen LogP contribution in [0, 0.1) is 0 Å². The second-order valence-electron chi connectivity index (χ2n) is 6.30. The molecule has 2 aliphatic heterocycles. The van der Waals surface area contributed by atoms with Crippen LogP contribution in [0.1, 0.15) is 5.56 Å². The zero-order valence-electron chi connectivity index (χ0n) is 14.5. The number of amides is 3. The Morgan fingerprint density at radius 2 is 1.85 bits per heavy atom. The van der Waals surface area contributed by atoms with Crippen molar-refractivity contribution in [2.75, 3.05) is 31.3 Å². The summed E-state index contributed by atoms with van der Waals surface area (Å²) in [6.07, 6.45) is 0. The lowest BCUT2D eigenvalue weighted by Crippen LogP contribution is -2.39. The van der Waals surface area contributed by atoms with E-state index >= 15 is 0 Å². The summed E-state index contributed by atoms with van der Waals surface area (Å²) >= 11 is 5.85. The highest BCUT2D eigenvalue weighted by molar-refractivity contribution is 6.30. The second kappa shape index (κ2) is 7.36. The first-order valence-corrected chi connectivity index (χ1v) is 8.95. The second-order valence-corrected chi connectivity index (χ2v) is 6.73. The van der Waals surface area contributed by atoms with Gasteiger partial charge in [-0.3, -0.25) is 9.69 Å². The van der Waals surface area contributed by atoms with Crippen molar-refractivity contribution in [3.63, 3.8) is 0 Å². The maximum Gasteiger partial charge on any atom is 0.325 e. The van der Waals surface area contributed by atoms with Crippen LogP contribution < -0.4 is 19.7 Å². The summed E-state index contributed by atoms with van der Waals surface area (Å²) in [6.45, 7) is 1.61. The molecular formula is C19H18ClN3O4. The Morgan fingerprint density at radius 3 is 2.67 bits per heavy atom. The van der Waals surface area contributed by atoms with Crippen molar-refractivity contribution in [1.82, 2.24) is 10.2 Å². The fourth-order valence-corrected chi connectivity index (χ4v) is 3.18. The first-order valence-electron chi connectivity index (χ1n) is 8.57. The lowest BCUT2D eigenvalue weighted by atomic mass is 10.2. The molecule has 4 rings (SSSR count). The summed E-state index contributed by atoms with van der Waals surface area (Å²) in [5.41, 5.74) is 1.68. The van der Waals surface area contributed by atoms with Crippen LogP contribution >= 0.6 is 11.6 Å². The number of nitrogens with zero attached hydrogens (tertiary/aromatic N) is 2.